The molecular formula is C15H14N6O2. The first-order valence-electron chi connectivity index (χ1n) is 6.92. The minimum Gasteiger partial charge on any atom is -0.267 e. The van der Waals surface area contributed by atoms with E-state index in [1.807, 2.05) is 30.3 Å². The number of amides is 3. The van der Waals surface area contributed by atoms with E-state index in [1.165, 1.54) is 12.4 Å². The van der Waals surface area contributed by atoms with Crippen molar-refractivity contribution in [3.63, 3.8) is 0 Å². The summed E-state index contributed by atoms with van der Waals surface area (Å²) in [4.78, 5) is 32.1. The summed E-state index contributed by atoms with van der Waals surface area (Å²) in [6.07, 6.45) is 2.85. The Morgan fingerprint density at radius 1 is 1.22 bits per heavy atom. The lowest BCUT2D eigenvalue weighted by atomic mass is 10.2. The maximum Gasteiger partial charge on any atom is 0.356 e. The highest BCUT2D eigenvalue weighted by atomic mass is 16.2. The fourth-order valence-electron chi connectivity index (χ4n) is 2.00. The number of carbonyl (C=O) groups is 2. The van der Waals surface area contributed by atoms with Gasteiger partial charge in [0.25, 0.3) is 5.91 Å². The van der Waals surface area contributed by atoms with E-state index in [0.29, 0.717) is 11.5 Å². The van der Waals surface area contributed by atoms with Gasteiger partial charge in [-0.25, -0.2) is 25.2 Å². The van der Waals surface area contributed by atoms with E-state index in [9.17, 15) is 9.59 Å². The first-order chi connectivity index (χ1) is 11.1. The van der Waals surface area contributed by atoms with Gasteiger partial charge in [-0.1, -0.05) is 30.3 Å². The molecule has 0 unspecified atom stereocenters. The summed E-state index contributed by atoms with van der Waals surface area (Å²) in [7, 11) is 0. The molecule has 3 amide bonds. The normalized spacial score (nSPS) is 14.0. The number of hydrogen-bond donors (Lipinski definition) is 2. The predicted molar refractivity (Wildman–Crippen MR) is 83.3 cm³/mol. The lowest BCUT2D eigenvalue weighted by molar-refractivity contribution is 0.0838. The van der Waals surface area contributed by atoms with E-state index in [2.05, 4.69) is 25.9 Å². The van der Waals surface area contributed by atoms with Crippen molar-refractivity contribution in [1.82, 2.24) is 25.8 Å². The molecule has 1 aromatic carbocycles. The third kappa shape index (κ3) is 3.31. The Balaban J connectivity index is 1.71. The molecule has 8 nitrogen and oxygen atoms in total. The fourth-order valence-corrected chi connectivity index (χ4v) is 2.00. The minimum absolute atomic E-state index is 0.223. The van der Waals surface area contributed by atoms with Gasteiger partial charge in [-0.3, -0.25) is 10.2 Å². The number of rotatable bonds is 3. The molecule has 0 radical (unpaired) electrons. The maximum atomic E-state index is 12.2. The molecule has 0 saturated heterocycles. The van der Waals surface area contributed by atoms with Gasteiger partial charge in [0, 0.05) is 18.0 Å². The molecule has 2 aromatic rings. The summed E-state index contributed by atoms with van der Waals surface area (Å²) in [5, 5.41) is 4.93. The molecule has 0 aliphatic carbocycles. The smallest absolute Gasteiger partial charge is 0.267 e. The number of nitrogens with zero attached hydrogens (tertiary/aromatic N) is 4. The number of aromatic nitrogens is 2. The molecule has 3 rings (SSSR count). The van der Waals surface area contributed by atoms with Gasteiger partial charge in [0.05, 0.1) is 17.8 Å². The van der Waals surface area contributed by atoms with Crippen LogP contribution in [-0.4, -0.2) is 39.2 Å². The first-order valence-corrected chi connectivity index (χ1v) is 6.92. The van der Waals surface area contributed by atoms with Crippen molar-refractivity contribution in [2.45, 2.75) is 6.92 Å². The van der Waals surface area contributed by atoms with E-state index in [4.69, 9.17) is 0 Å². The Morgan fingerprint density at radius 2 is 1.91 bits per heavy atom. The molecule has 0 atom stereocenters. The minimum atomic E-state index is -0.495. The summed E-state index contributed by atoms with van der Waals surface area (Å²) >= 11 is 0. The number of hydrazone groups is 1. The lowest BCUT2D eigenvalue weighted by Gasteiger charge is -2.25. The Morgan fingerprint density at radius 3 is 2.61 bits per heavy atom. The molecule has 1 aliphatic heterocycles. The highest BCUT2D eigenvalue weighted by Gasteiger charge is 2.21. The van der Waals surface area contributed by atoms with Crippen LogP contribution in [0, 0.1) is 0 Å². The molecule has 1 aromatic heterocycles. The monoisotopic (exact) mass is 310 g/mol. The van der Waals surface area contributed by atoms with Crippen molar-refractivity contribution in [2.75, 3.05) is 6.54 Å². The Bertz CT molecular complexity index is 757. The van der Waals surface area contributed by atoms with Gasteiger partial charge in [0.15, 0.2) is 5.82 Å². The molecule has 0 saturated carbocycles. The van der Waals surface area contributed by atoms with Crippen LogP contribution in [-0.2, 0) is 0 Å². The van der Waals surface area contributed by atoms with Crippen LogP contribution in [0.4, 0.5) is 4.79 Å². The van der Waals surface area contributed by atoms with Gasteiger partial charge >= 0.3 is 6.03 Å². The number of urea groups is 1. The van der Waals surface area contributed by atoms with E-state index in [1.54, 1.807) is 6.92 Å². The molecule has 8 heteroatoms. The maximum absolute atomic E-state index is 12.2. The molecule has 116 valence electrons. The van der Waals surface area contributed by atoms with Crippen molar-refractivity contribution in [3.05, 3.63) is 48.3 Å². The third-order valence-corrected chi connectivity index (χ3v) is 3.16. The van der Waals surface area contributed by atoms with Crippen LogP contribution in [0.1, 0.15) is 17.3 Å². The quantitative estimate of drug-likeness (QED) is 0.889. The second-order valence-electron chi connectivity index (χ2n) is 4.95. The van der Waals surface area contributed by atoms with Gasteiger partial charge < -0.3 is 0 Å². The molecule has 23 heavy (non-hydrogen) atoms. The Kier molecular flexibility index (Phi) is 3.96. The van der Waals surface area contributed by atoms with Gasteiger partial charge in [-0.05, 0) is 6.92 Å². The van der Waals surface area contributed by atoms with Crippen molar-refractivity contribution in [3.8, 4) is 11.4 Å². The largest absolute Gasteiger partial charge is 0.356 e. The van der Waals surface area contributed by atoms with Gasteiger partial charge in [-0.2, -0.15) is 5.10 Å². The first kappa shape index (κ1) is 14.6. The molecule has 1 aliphatic rings. The van der Waals surface area contributed by atoms with Crippen LogP contribution >= 0.6 is 0 Å². The topological polar surface area (TPSA) is 99.6 Å². The molecule has 0 spiro atoms. The molecule has 0 fully saturated rings. The highest BCUT2D eigenvalue weighted by Crippen LogP contribution is 2.13. The standard InChI is InChI=1S/C15H14N6O2/c1-10-9-21(15(23)19-18-10)20-14(22)12-7-16-13(17-8-12)11-5-3-2-4-6-11/h2-8H,9H2,1H3,(H,19,23)(H,20,22). The average Bonchev–Trinajstić information content (AvgIpc) is 2.59. The number of hydrogen-bond acceptors (Lipinski definition) is 5. The predicted octanol–water partition coefficient (Wildman–Crippen LogP) is 1.19. The zero-order chi connectivity index (χ0) is 16.2. The lowest BCUT2D eigenvalue weighted by Crippen LogP contribution is -2.54. The summed E-state index contributed by atoms with van der Waals surface area (Å²) in [6.45, 7) is 1.97. The zero-order valence-electron chi connectivity index (χ0n) is 12.4. The van der Waals surface area contributed by atoms with Crippen LogP contribution in [0.5, 0.6) is 0 Å². The van der Waals surface area contributed by atoms with Gasteiger partial charge in [0.2, 0.25) is 0 Å². The van der Waals surface area contributed by atoms with Crippen LogP contribution in [0.2, 0.25) is 0 Å². The fraction of sp³-hybridized carbons (Fsp3) is 0.133. The number of benzene rings is 1. The van der Waals surface area contributed by atoms with Crippen LogP contribution in [0.3, 0.4) is 0 Å². The molecule has 2 N–H and O–H groups in total. The second-order valence-corrected chi connectivity index (χ2v) is 4.95. The van der Waals surface area contributed by atoms with Crippen molar-refractivity contribution >= 4 is 17.6 Å². The van der Waals surface area contributed by atoms with E-state index < -0.39 is 11.9 Å². The second kappa shape index (κ2) is 6.22. The van der Waals surface area contributed by atoms with Crippen molar-refractivity contribution in [2.24, 2.45) is 5.10 Å². The Labute approximate surface area is 132 Å². The van der Waals surface area contributed by atoms with Crippen LogP contribution in [0.25, 0.3) is 11.4 Å². The molecule has 0 bridgehead atoms. The third-order valence-electron chi connectivity index (χ3n) is 3.16. The molecular weight excluding hydrogens is 296 g/mol. The molecule has 2 heterocycles. The summed E-state index contributed by atoms with van der Waals surface area (Å²) in [5.41, 5.74) is 6.60. The summed E-state index contributed by atoms with van der Waals surface area (Å²) in [5.74, 6) is 0.0651. The number of hydrazine groups is 1. The van der Waals surface area contributed by atoms with E-state index in [0.717, 1.165) is 10.6 Å². The van der Waals surface area contributed by atoms with Gasteiger partial charge in [0.1, 0.15) is 0 Å². The van der Waals surface area contributed by atoms with E-state index in [-0.39, 0.29) is 12.1 Å². The Hall–Kier alpha value is -3.29. The van der Waals surface area contributed by atoms with Crippen molar-refractivity contribution in [1.29, 1.82) is 0 Å². The van der Waals surface area contributed by atoms with Crippen molar-refractivity contribution < 1.29 is 9.59 Å². The average molecular weight is 310 g/mol. The number of nitrogens with one attached hydrogen (secondary N) is 2. The SMILES string of the molecule is CC1=NNC(=O)N(NC(=O)c2cnc(-c3ccccc3)nc2)C1. The highest BCUT2D eigenvalue weighted by molar-refractivity contribution is 5.97. The van der Waals surface area contributed by atoms with E-state index >= 15 is 0 Å². The summed E-state index contributed by atoms with van der Waals surface area (Å²) < 4.78 is 0. The zero-order valence-corrected chi connectivity index (χ0v) is 12.4. The van der Waals surface area contributed by atoms with Crippen LogP contribution < -0.4 is 10.9 Å². The van der Waals surface area contributed by atoms with Gasteiger partial charge in [-0.15, -0.1) is 0 Å². The number of carbonyl (C=O) groups excluding carboxylic acids is 2. The summed E-state index contributed by atoms with van der Waals surface area (Å²) in [6, 6.07) is 8.95. The van der Waals surface area contributed by atoms with Crippen LogP contribution in [0.15, 0.2) is 47.8 Å².